The number of hydrogen-bond donors (Lipinski definition) is 0. The molecule has 0 bridgehead atoms. The van der Waals surface area contributed by atoms with Gasteiger partial charge in [0, 0.05) is 0 Å². The van der Waals surface area contributed by atoms with Crippen LogP contribution in [0.5, 0.6) is 0 Å². The van der Waals surface area contributed by atoms with Crippen LogP contribution in [0.1, 0.15) is 0 Å². The van der Waals surface area contributed by atoms with E-state index in [9.17, 15) is 0 Å². The van der Waals surface area contributed by atoms with Gasteiger partial charge in [-0.2, -0.15) is 0 Å². The van der Waals surface area contributed by atoms with Crippen molar-refractivity contribution in [2.45, 2.75) is 90.7 Å². The summed E-state index contributed by atoms with van der Waals surface area (Å²) in [7, 11) is -9.39. The Balaban J connectivity index is 5.07. The van der Waals surface area contributed by atoms with Crippen LogP contribution in [0, 0.1) is 0 Å². The molecule has 10 heteroatoms. The molecule has 0 rings (SSSR count). The van der Waals surface area contributed by atoms with Crippen molar-refractivity contribution in [1.82, 2.24) is 0 Å². The Hall–Kier alpha value is 1.14. The van der Waals surface area contributed by atoms with Crippen molar-refractivity contribution in [2.24, 2.45) is 0 Å². The van der Waals surface area contributed by atoms with Gasteiger partial charge in [-0.15, -0.1) is 0 Å². The molecular weight excluding hydrogens is 401 g/mol. The van der Waals surface area contributed by atoms with Crippen LogP contribution in [0.15, 0.2) is 0 Å². The predicted octanol–water partition coefficient (Wildman–Crippen LogP) is 5.10. The van der Waals surface area contributed by atoms with E-state index in [1.807, 2.05) is 0 Å². The fourth-order valence-electron chi connectivity index (χ4n) is 2.91. The fourth-order valence-corrected chi connectivity index (χ4v) is 27.0. The topological polar surface area (TPSA) is 36.9 Å². The van der Waals surface area contributed by atoms with E-state index in [-0.39, 0.29) is 0 Å². The third-order valence-electron chi connectivity index (χ3n) is 2.90. The minimum atomic E-state index is -2.25. The van der Waals surface area contributed by atoms with Gasteiger partial charge in [-0.05, 0) is 90.7 Å². The Labute approximate surface area is 158 Å². The van der Waals surface area contributed by atoms with E-state index in [1.165, 1.54) is 0 Å². The van der Waals surface area contributed by atoms with Crippen LogP contribution in [0.3, 0.4) is 0 Å². The summed E-state index contributed by atoms with van der Waals surface area (Å²) in [5.74, 6) is 0. The highest BCUT2D eigenvalue weighted by molar-refractivity contribution is 6.89. The standard InChI is InChI=1S/C14H41O4Si6/c1-19(2)15-20(3)13-14-24(12,17-22(7,8)9)18-23(10,11)16-21(4,5)6/h19H,13-14H2,1-12H3. The predicted molar refractivity (Wildman–Crippen MR) is 120 cm³/mol. The van der Waals surface area contributed by atoms with Crippen molar-refractivity contribution in [3.05, 3.63) is 0 Å². The van der Waals surface area contributed by atoms with Crippen molar-refractivity contribution >= 4 is 51.8 Å². The second kappa shape index (κ2) is 9.37. The first-order valence-electron chi connectivity index (χ1n) is 9.03. The van der Waals surface area contributed by atoms with E-state index in [0.29, 0.717) is 0 Å². The van der Waals surface area contributed by atoms with Gasteiger partial charge in [0.15, 0.2) is 34.7 Å². The lowest BCUT2D eigenvalue weighted by Gasteiger charge is -2.41. The van der Waals surface area contributed by atoms with E-state index < -0.39 is 51.8 Å². The van der Waals surface area contributed by atoms with Gasteiger partial charge < -0.3 is 16.5 Å². The Kier molecular flexibility index (Phi) is 9.82. The summed E-state index contributed by atoms with van der Waals surface area (Å²) >= 11 is 0. The van der Waals surface area contributed by atoms with Crippen LogP contribution in [0.4, 0.5) is 0 Å². The molecule has 0 spiro atoms. The van der Waals surface area contributed by atoms with Crippen molar-refractivity contribution in [3.8, 4) is 0 Å². The smallest absolute Gasteiger partial charge is 0.315 e. The van der Waals surface area contributed by atoms with Crippen molar-refractivity contribution in [2.75, 3.05) is 0 Å². The lowest BCUT2D eigenvalue weighted by molar-refractivity contribution is 0.325. The molecule has 0 aromatic carbocycles. The van der Waals surface area contributed by atoms with Gasteiger partial charge in [0.05, 0.1) is 0 Å². The lowest BCUT2D eigenvalue weighted by atomic mass is 10.9. The van der Waals surface area contributed by atoms with Gasteiger partial charge in [-0.1, -0.05) is 0 Å². The Morgan fingerprint density at radius 2 is 1.21 bits per heavy atom. The molecule has 1 atom stereocenters. The highest BCUT2D eigenvalue weighted by atomic mass is 28.5. The molecule has 0 aliphatic rings. The van der Waals surface area contributed by atoms with Crippen molar-refractivity contribution < 1.29 is 16.5 Å². The molecule has 0 saturated carbocycles. The highest BCUT2D eigenvalue weighted by Crippen LogP contribution is 2.28. The van der Waals surface area contributed by atoms with Gasteiger partial charge in [0.25, 0.3) is 0 Å². The maximum absolute atomic E-state index is 6.71. The van der Waals surface area contributed by atoms with E-state index in [2.05, 4.69) is 78.6 Å². The molecular formula is C14H41O4Si6. The molecule has 0 aromatic heterocycles. The Morgan fingerprint density at radius 1 is 0.750 bits per heavy atom. The first-order chi connectivity index (χ1) is 10.4. The maximum atomic E-state index is 6.71. The summed E-state index contributed by atoms with van der Waals surface area (Å²) in [6.45, 7) is 26.8. The minimum absolute atomic E-state index is 0.731. The summed E-state index contributed by atoms with van der Waals surface area (Å²) in [4.78, 5) is 0. The second-order valence-electron chi connectivity index (χ2n) is 9.43. The average Bonchev–Trinajstić information content (AvgIpc) is 2.17. The first-order valence-corrected chi connectivity index (χ1v) is 26.1. The fraction of sp³-hybridized carbons (Fsp3) is 1.00. The van der Waals surface area contributed by atoms with Crippen molar-refractivity contribution in [1.29, 1.82) is 0 Å². The van der Waals surface area contributed by atoms with E-state index in [0.717, 1.165) is 12.1 Å². The quantitative estimate of drug-likeness (QED) is 0.418. The van der Waals surface area contributed by atoms with E-state index >= 15 is 0 Å². The molecule has 1 radical (unpaired) electrons. The second-order valence-corrected chi connectivity index (χ2v) is 30.8. The summed E-state index contributed by atoms with van der Waals surface area (Å²) in [6.07, 6.45) is 0. The van der Waals surface area contributed by atoms with Gasteiger partial charge in [-0.25, -0.2) is 0 Å². The van der Waals surface area contributed by atoms with Crippen LogP contribution in [-0.4, -0.2) is 51.8 Å². The maximum Gasteiger partial charge on any atom is 0.315 e. The molecule has 0 heterocycles. The van der Waals surface area contributed by atoms with E-state index in [4.69, 9.17) is 16.5 Å². The van der Waals surface area contributed by atoms with Crippen LogP contribution in [0.2, 0.25) is 90.7 Å². The molecule has 0 fully saturated rings. The SMILES string of the molecule is C[Si](CC[Si](C)(O[Si](C)(C)C)O[Si](C)(C)O[Si](C)(C)C)O[SiH](C)C. The largest absolute Gasteiger partial charge is 0.458 e. The third-order valence-corrected chi connectivity index (χ3v) is 21.3. The van der Waals surface area contributed by atoms with E-state index in [1.54, 1.807) is 0 Å². The zero-order chi connectivity index (χ0) is 19.4. The molecule has 0 aliphatic heterocycles. The molecule has 0 aromatic rings. The van der Waals surface area contributed by atoms with Crippen LogP contribution >= 0.6 is 0 Å². The van der Waals surface area contributed by atoms with Crippen LogP contribution < -0.4 is 0 Å². The molecule has 0 amide bonds. The molecule has 0 N–H and O–H groups in total. The van der Waals surface area contributed by atoms with Crippen LogP contribution in [-0.2, 0) is 16.5 Å². The van der Waals surface area contributed by atoms with Gasteiger partial charge >= 0.3 is 17.1 Å². The van der Waals surface area contributed by atoms with Crippen molar-refractivity contribution in [3.63, 3.8) is 0 Å². The lowest BCUT2D eigenvalue weighted by Crippen LogP contribution is -2.57. The average molecular weight is 442 g/mol. The summed E-state index contributed by atoms with van der Waals surface area (Å²) in [6, 6.07) is 2.13. The van der Waals surface area contributed by atoms with Gasteiger partial charge in [0.1, 0.15) is 0 Å². The monoisotopic (exact) mass is 441 g/mol. The minimum Gasteiger partial charge on any atom is -0.458 e. The van der Waals surface area contributed by atoms with Gasteiger partial charge in [0.2, 0.25) is 0 Å². The molecule has 0 aliphatic carbocycles. The zero-order valence-electron chi connectivity index (χ0n) is 18.1. The summed E-state index contributed by atoms with van der Waals surface area (Å²) in [5, 5.41) is 0. The molecule has 24 heavy (non-hydrogen) atoms. The highest BCUT2D eigenvalue weighted by Gasteiger charge is 2.44. The Bertz CT molecular complexity index is 380. The third kappa shape index (κ3) is 13.4. The number of rotatable bonds is 11. The van der Waals surface area contributed by atoms with Crippen LogP contribution in [0.25, 0.3) is 0 Å². The molecule has 0 saturated heterocycles. The van der Waals surface area contributed by atoms with Gasteiger partial charge in [-0.3, -0.25) is 0 Å². The summed E-state index contributed by atoms with van der Waals surface area (Å²) in [5.41, 5.74) is 0. The Morgan fingerprint density at radius 3 is 1.58 bits per heavy atom. The first kappa shape index (κ1) is 25.1. The molecule has 1 unspecified atom stereocenters. The summed E-state index contributed by atoms with van der Waals surface area (Å²) < 4.78 is 25.9. The number of hydrogen-bond acceptors (Lipinski definition) is 4. The zero-order valence-corrected chi connectivity index (χ0v) is 24.3. The molecule has 145 valence electrons. The molecule has 4 nitrogen and oxygen atoms in total. The normalized spacial score (nSPS) is 16.8.